The van der Waals surface area contributed by atoms with E-state index in [0.29, 0.717) is 5.65 Å². The van der Waals surface area contributed by atoms with E-state index in [-0.39, 0.29) is 0 Å². The maximum absolute atomic E-state index is 4.63. The van der Waals surface area contributed by atoms with Gasteiger partial charge in [-0.3, -0.25) is 0 Å². The molecule has 0 saturated heterocycles. The number of hydrogen-bond donors (Lipinski definition) is 2. The number of aryl methyl sites for hydroxylation is 1. The van der Waals surface area contributed by atoms with Gasteiger partial charge in [-0.05, 0) is 26.8 Å². The predicted molar refractivity (Wildman–Crippen MR) is 80.3 cm³/mol. The standard InChI is InChI=1S/C14H19N7/c1-4-5-15-6-11-9(2)20-21(10(11)3)14-12-13(17-7-16-12)18-8-19-14/h7-8,15H,4-6H2,1-3H3,(H,16,17,18,19). The van der Waals surface area contributed by atoms with Crippen molar-refractivity contribution in [2.75, 3.05) is 6.54 Å². The largest absolute Gasteiger partial charge is 0.340 e. The van der Waals surface area contributed by atoms with E-state index in [1.165, 1.54) is 11.9 Å². The molecule has 0 unspecified atom stereocenters. The number of nitrogens with zero attached hydrogens (tertiary/aromatic N) is 5. The molecule has 0 fully saturated rings. The molecule has 0 aromatic carbocycles. The maximum atomic E-state index is 4.63. The zero-order valence-corrected chi connectivity index (χ0v) is 12.5. The number of nitrogens with one attached hydrogen (secondary N) is 2. The second-order valence-corrected chi connectivity index (χ2v) is 5.04. The lowest BCUT2D eigenvalue weighted by Crippen LogP contribution is -2.15. The number of rotatable bonds is 5. The molecule has 3 heterocycles. The molecule has 7 nitrogen and oxygen atoms in total. The minimum Gasteiger partial charge on any atom is -0.340 e. The van der Waals surface area contributed by atoms with Gasteiger partial charge in [0, 0.05) is 17.8 Å². The molecule has 3 aromatic rings. The maximum Gasteiger partial charge on any atom is 0.182 e. The van der Waals surface area contributed by atoms with E-state index in [9.17, 15) is 0 Å². The highest BCUT2D eigenvalue weighted by Crippen LogP contribution is 2.20. The third-order valence-corrected chi connectivity index (χ3v) is 3.57. The minimum absolute atomic E-state index is 0.651. The van der Waals surface area contributed by atoms with E-state index < -0.39 is 0 Å². The van der Waals surface area contributed by atoms with Gasteiger partial charge in [-0.2, -0.15) is 5.10 Å². The average molecular weight is 285 g/mol. The third kappa shape index (κ3) is 2.40. The number of imidazole rings is 1. The van der Waals surface area contributed by atoms with Gasteiger partial charge in [0.1, 0.15) is 11.8 Å². The third-order valence-electron chi connectivity index (χ3n) is 3.57. The Bertz CT molecular complexity index is 756. The molecule has 3 rings (SSSR count). The molecule has 0 aliphatic heterocycles. The molecule has 21 heavy (non-hydrogen) atoms. The first-order chi connectivity index (χ1) is 10.2. The van der Waals surface area contributed by atoms with Crippen LogP contribution in [-0.2, 0) is 6.54 Å². The second-order valence-electron chi connectivity index (χ2n) is 5.04. The molecule has 0 aliphatic rings. The monoisotopic (exact) mass is 285 g/mol. The normalized spacial score (nSPS) is 11.4. The van der Waals surface area contributed by atoms with Crippen LogP contribution >= 0.6 is 0 Å². The lowest BCUT2D eigenvalue weighted by Gasteiger charge is -2.06. The molecule has 0 aliphatic carbocycles. The van der Waals surface area contributed by atoms with Crippen LogP contribution in [0, 0.1) is 13.8 Å². The number of aromatic nitrogens is 6. The van der Waals surface area contributed by atoms with Crippen molar-refractivity contribution in [2.24, 2.45) is 0 Å². The number of H-pyrrole nitrogens is 1. The minimum atomic E-state index is 0.651. The van der Waals surface area contributed by atoms with Crippen molar-refractivity contribution < 1.29 is 0 Å². The number of hydrogen-bond acceptors (Lipinski definition) is 5. The highest BCUT2D eigenvalue weighted by molar-refractivity contribution is 5.77. The van der Waals surface area contributed by atoms with Crippen LogP contribution < -0.4 is 5.32 Å². The lowest BCUT2D eigenvalue weighted by atomic mass is 10.2. The van der Waals surface area contributed by atoms with Gasteiger partial charge < -0.3 is 10.3 Å². The van der Waals surface area contributed by atoms with Crippen LogP contribution in [0.4, 0.5) is 0 Å². The van der Waals surface area contributed by atoms with E-state index in [1.54, 1.807) is 6.33 Å². The average Bonchev–Trinajstić information content (AvgIpc) is 3.06. The van der Waals surface area contributed by atoms with Gasteiger partial charge in [-0.1, -0.05) is 6.92 Å². The molecular formula is C14H19N7. The van der Waals surface area contributed by atoms with Crippen LogP contribution in [-0.4, -0.2) is 36.3 Å². The van der Waals surface area contributed by atoms with Gasteiger partial charge in [-0.15, -0.1) is 0 Å². The Morgan fingerprint density at radius 1 is 1.24 bits per heavy atom. The Morgan fingerprint density at radius 2 is 2.10 bits per heavy atom. The highest BCUT2D eigenvalue weighted by Gasteiger charge is 2.16. The molecule has 0 amide bonds. The Morgan fingerprint density at radius 3 is 2.90 bits per heavy atom. The summed E-state index contributed by atoms with van der Waals surface area (Å²) in [7, 11) is 0. The van der Waals surface area contributed by atoms with E-state index in [0.717, 1.165) is 42.2 Å². The van der Waals surface area contributed by atoms with Crippen LogP contribution in [0.2, 0.25) is 0 Å². The predicted octanol–water partition coefficient (Wildman–Crippen LogP) is 1.66. The van der Waals surface area contributed by atoms with E-state index in [2.05, 4.69) is 44.2 Å². The van der Waals surface area contributed by atoms with Gasteiger partial charge in [0.15, 0.2) is 11.5 Å². The number of fused-ring (bicyclic) bond motifs is 1. The molecule has 0 saturated carbocycles. The molecule has 3 aromatic heterocycles. The SMILES string of the molecule is CCCNCc1c(C)nn(-c2ncnc3nc[nH]c23)c1C. The van der Waals surface area contributed by atoms with Gasteiger partial charge in [0.2, 0.25) is 0 Å². The fourth-order valence-corrected chi connectivity index (χ4v) is 2.44. The smallest absolute Gasteiger partial charge is 0.182 e. The molecule has 0 spiro atoms. The van der Waals surface area contributed by atoms with Gasteiger partial charge in [0.05, 0.1) is 12.0 Å². The summed E-state index contributed by atoms with van der Waals surface area (Å²) in [5, 5.41) is 8.05. The summed E-state index contributed by atoms with van der Waals surface area (Å²) < 4.78 is 1.86. The van der Waals surface area contributed by atoms with Crippen molar-refractivity contribution in [1.29, 1.82) is 0 Å². The van der Waals surface area contributed by atoms with Crippen LogP contribution in [0.25, 0.3) is 17.0 Å². The molecule has 0 atom stereocenters. The summed E-state index contributed by atoms with van der Waals surface area (Å²) >= 11 is 0. The van der Waals surface area contributed by atoms with Gasteiger partial charge in [-0.25, -0.2) is 19.6 Å². The first kappa shape index (κ1) is 13.7. The van der Waals surface area contributed by atoms with E-state index >= 15 is 0 Å². The Hall–Kier alpha value is -2.28. The molecule has 0 bridgehead atoms. The van der Waals surface area contributed by atoms with Crippen molar-refractivity contribution in [3.05, 3.63) is 29.6 Å². The quantitative estimate of drug-likeness (QED) is 0.696. The molecule has 7 heteroatoms. The van der Waals surface area contributed by atoms with Crippen molar-refractivity contribution in [3.63, 3.8) is 0 Å². The second kappa shape index (κ2) is 5.61. The molecule has 2 N–H and O–H groups in total. The van der Waals surface area contributed by atoms with Crippen molar-refractivity contribution in [3.8, 4) is 5.82 Å². The van der Waals surface area contributed by atoms with Crippen LogP contribution in [0.3, 0.4) is 0 Å². The Labute approximate surface area is 122 Å². The van der Waals surface area contributed by atoms with E-state index in [1.807, 2.05) is 11.6 Å². The topological polar surface area (TPSA) is 84.3 Å². The van der Waals surface area contributed by atoms with Crippen LogP contribution in [0.15, 0.2) is 12.7 Å². The Kier molecular flexibility index (Phi) is 3.66. The first-order valence-corrected chi connectivity index (χ1v) is 7.12. The summed E-state index contributed by atoms with van der Waals surface area (Å²) in [5.74, 6) is 0.736. The summed E-state index contributed by atoms with van der Waals surface area (Å²) in [6, 6.07) is 0. The zero-order valence-electron chi connectivity index (χ0n) is 12.5. The lowest BCUT2D eigenvalue weighted by molar-refractivity contribution is 0.670. The summed E-state index contributed by atoms with van der Waals surface area (Å²) in [6.45, 7) is 8.07. The van der Waals surface area contributed by atoms with Crippen molar-refractivity contribution in [2.45, 2.75) is 33.7 Å². The summed E-state index contributed by atoms with van der Waals surface area (Å²) in [6.07, 6.45) is 4.26. The number of aromatic amines is 1. The molecule has 0 radical (unpaired) electrons. The fraction of sp³-hybridized carbons (Fsp3) is 0.429. The van der Waals surface area contributed by atoms with Gasteiger partial charge >= 0.3 is 0 Å². The summed E-state index contributed by atoms with van der Waals surface area (Å²) in [4.78, 5) is 15.7. The Balaban J connectivity index is 2.03. The van der Waals surface area contributed by atoms with Crippen molar-refractivity contribution >= 4 is 11.2 Å². The molecule has 110 valence electrons. The van der Waals surface area contributed by atoms with E-state index in [4.69, 9.17) is 0 Å². The zero-order chi connectivity index (χ0) is 14.8. The van der Waals surface area contributed by atoms with Crippen LogP contribution in [0.5, 0.6) is 0 Å². The van der Waals surface area contributed by atoms with Gasteiger partial charge in [0.25, 0.3) is 0 Å². The van der Waals surface area contributed by atoms with Crippen molar-refractivity contribution in [1.82, 2.24) is 35.0 Å². The highest BCUT2D eigenvalue weighted by atomic mass is 15.3. The fourth-order valence-electron chi connectivity index (χ4n) is 2.44. The summed E-state index contributed by atoms with van der Waals surface area (Å²) in [5.41, 5.74) is 4.78. The van der Waals surface area contributed by atoms with Crippen LogP contribution in [0.1, 0.15) is 30.3 Å². The molecular weight excluding hydrogens is 266 g/mol. The first-order valence-electron chi connectivity index (χ1n) is 7.12.